The summed E-state index contributed by atoms with van der Waals surface area (Å²) in [6.45, 7) is 3.95. The first kappa shape index (κ1) is 14.2. The zero-order chi connectivity index (χ0) is 10.1. The lowest BCUT2D eigenvalue weighted by molar-refractivity contribution is 0.258. The molecule has 0 saturated carbocycles. The lowest BCUT2D eigenvalue weighted by Crippen LogP contribution is -2.27. The second-order valence-electron chi connectivity index (χ2n) is 2.10. The van der Waals surface area contributed by atoms with Crippen LogP contribution >= 0.6 is 25.3 Å². The highest BCUT2D eigenvalue weighted by Crippen LogP contribution is 1.88. The molecule has 1 atom stereocenters. The van der Waals surface area contributed by atoms with Gasteiger partial charge in [0.15, 0.2) is 0 Å². The van der Waals surface area contributed by atoms with Crippen molar-refractivity contribution >= 4 is 35.7 Å². The monoisotopic (exact) mass is 210 g/mol. The van der Waals surface area contributed by atoms with E-state index in [0.29, 0.717) is 0 Å². The van der Waals surface area contributed by atoms with Crippen molar-refractivity contribution in [3.63, 3.8) is 0 Å². The summed E-state index contributed by atoms with van der Waals surface area (Å²) in [7, 11) is 0. The fourth-order valence-corrected chi connectivity index (χ4v) is 0.533. The maximum absolute atomic E-state index is 10.2. The molecule has 0 aliphatic heterocycles. The highest BCUT2D eigenvalue weighted by atomic mass is 32.1. The van der Waals surface area contributed by atoms with E-state index in [1.165, 1.54) is 0 Å². The fourth-order valence-electron chi connectivity index (χ4n) is 0.313. The minimum atomic E-state index is -0.639. The van der Waals surface area contributed by atoms with Gasteiger partial charge in [0, 0.05) is 6.04 Å². The summed E-state index contributed by atoms with van der Waals surface area (Å²) in [5.74, 6) is 0. The summed E-state index contributed by atoms with van der Waals surface area (Å²) in [5.41, 5.74) is 4.34. The van der Waals surface area contributed by atoms with Gasteiger partial charge in [0.1, 0.15) is 0 Å². The zero-order valence-electron chi connectivity index (χ0n) is 7.07. The number of hydrogen-bond donors (Lipinski definition) is 4. The molecule has 1 unspecified atom stereocenters. The minimum Gasteiger partial charge on any atom is -0.361 e. The van der Waals surface area contributed by atoms with Crippen LogP contribution in [0.1, 0.15) is 20.3 Å². The van der Waals surface area contributed by atoms with Crippen molar-refractivity contribution < 1.29 is 9.59 Å². The van der Waals surface area contributed by atoms with Gasteiger partial charge < -0.3 is 11.1 Å². The van der Waals surface area contributed by atoms with E-state index >= 15 is 0 Å². The van der Waals surface area contributed by atoms with Crippen LogP contribution in [0.4, 0.5) is 9.59 Å². The van der Waals surface area contributed by atoms with Crippen LogP contribution < -0.4 is 11.1 Å². The summed E-state index contributed by atoms with van der Waals surface area (Å²) in [6, 6.07) is 0.250. The predicted molar refractivity (Wildman–Crippen MR) is 55.8 cm³/mol. The van der Waals surface area contributed by atoms with Crippen LogP contribution in [0.15, 0.2) is 0 Å². The summed E-state index contributed by atoms with van der Waals surface area (Å²) >= 11 is 6.65. The van der Waals surface area contributed by atoms with Gasteiger partial charge in [-0.15, -0.1) is 0 Å². The smallest absolute Gasteiger partial charge is 0.276 e. The number of amides is 2. The zero-order valence-corrected chi connectivity index (χ0v) is 8.86. The quantitative estimate of drug-likeness (QED) is 0.520. The molecule has 0 radical (unpaired) electrons. The normalized spacial score (nSPS) is 10.7. The van der Waals surface area contributed by atoms with Crippen LogP contribution in [0.3, 0.4) is 0 Å². The van der Waals surface area contributed by atoms with Gasteiger partial charge in [0.05, 0.1) is 0 Å². The van der Waals surface area contributed by atoms with E-state index in [1.807, 2.05) is 13.8 Å². The number of nitrogens with one attached hydrogen (secondary N) is 1. The first-order valence-corrected chi connectivity index (χ1v) is 4.27. The molecule has 3 N–H and O–H groups in total. The van der Waals surface area contributed by atoms with Gasteiger partial charge in [0.2, 0.25) is 0 Å². The number of carbonyl (C=O) groups excluding carboxylic acids is 2. The van der Waals surface area contributed by atoms with Gasteiger partial charge in [-0.3, -0.25) is 9.59 Å². The predicted octanol–water partition coefficient (Wildman–Crippen LogP) is 1.42. The van der Waals surface area contributed by atoms with Crippen molar-refractivity contribution in [1.29, 1.82) is 0 Å². The molecule has 0 bridgehead atoms. The van der Waals surface area contributed by atoms with E-state index in [-0.39, 0.29) is 11.3 Å². The molecule has 2 amide bonds. The third kappa shape index (κ3) is 22.6. The van der Waals surface area contributed by atoms with E-state index in [1.54, 1.807) is 0 Å². The van der Waals surface area contributed by atoms with Crippen LogP contribution in [-0.4, -0.2) is 16.5 Å². The third-order valence-electron chi connectivity index (χ3n) is 0.982. The summed E-state index contributed by atoms with van der Waals surface area (Å²) in [4.78, 5) is 19.3. The van der Waals surface area contributed by atoms with Crippen LogP contribution in [0.2, 0.25) is 0 Å². The molecule has 0 aromatic heterocycles. The second kappa shape index (κ2) is 8.73. The van der Waals surface area contributed by atoms with Crippen LogP contribution in [0, 0.1) is 0 Å². The Bertz CT molecular complexity index is 148. The van der Waals surface area contributed by atoms with Gasteiger partial charge in [-0.25, -0.2) is 0 Å². The minimum absolute atomic E-state index is 0.250. The Hall–Kier alpha value is -0.360. The number of primary amides is 1. The average molecular weight is 210 g/mol. The average Bonchev–Trinajstić information content (AvgIpc) is 1.84. The molecular weight excluding hydrogens is 196 g/mol. The largest absolute Gasteiger partial charge is 0.361 e. The lowest BCUT2D eigenvalue weighted by Gasteiger charge is -2.06. The topological polar surface area (TPSA) is 72.2 Å². The van der Waals surface area contributed by atoms with Gasteiger partial charge in [-0.05, 0) is 13.3 Å². The fraction of sp³-hybridized carbons (Fsp3) is 0.667. The SMILES string of the molecule is CCC(C)NC(=O)S.NC(=O)S. The Balaban J connectivity index is 0. The molecule has 0 aromatic carbocycles. The Morgan fingerprint density at radius 2 is 1.83 bits per heavy atom. The summed E-state index contributed by atoms with van der Waals surface area (Å²) in [5, 5.41) is 1.73. The molecule has 6 heteroatoms. The number of carbonyl (C=O) groups is 2. The molecule has 0 heterocycles. The molecule has 12 heavy (non-hydrogen) atoms. The van der Waals surface area contributed by atoms with Crippen molar-refractivity contribution in [3.8, 4) is 0 Å². The van der Waals surface area contributed by atoms with Gasteiger partial charge in [-0.2, -0.15) is 0 Å². The molecule has 72 valence electrons. The summed E-state index contributed by atoms with van der Waals surface area (Å²) < 4.78 is 0. The number of hydrogen-bond acceptors (Lipinski definition) is 2. The molecule has 0 aliphatic carbocycles. The standard InChI is InChI=1S/C5H11NOS.CH3NOS/c1-3-4(2)6-5(7)8;2-1(3)4/h4H,3H2,1-2H3,(H2,6,7,8);(H3,2,3,4). The Morgan fingerprint density at radius 3 is 1.92 bits per heavy atom. The maximum Gasteiger partial charge on any atom is 0.276 e. The molecule has 0 spiro atoms. The van der Waals surface area contributed by atoms with E-state index in [2.05, 4.69) is 36.3 Å². The van der Waals surface area contributed by atoms with Crippen molar-refractivity contribution in [3.05, 3.63) is 0 Å². The number of thiol groups is 2. The number of rotatable bonds is 2. The van der Waals surface area contributed by atoms with Crippen LogP contribution in [0.5, 0.6) is 0 Å². The van der Waals surface area contributed by atoms with Crippen LogP contribution in [-0.2, 0) is 0 Å². The first-order chi connectivity index (χ1) is 5.40. The van der Waals surface area contributed by atoms with Gasteiger partial charge >= 0.3 is 0 Å². The second-order valence-corrected chi connectivity index (χ2v) is 2.94. The molecule has 0 aromatic rings. The van der Waals surface area contributed by atoms with Crippen molar-refractivity contribution in [2.24, 2.45) is 5.73 Å². The molecule has 0 rings (SSSR count). The maximum atomic E-state index is 10.2. The highest BCUT2D eigenvalue weighted by molar-refractivity contribution is 7.96. The van der Waals surface area contributed by atoms with E-state index in [0.717, 1.165) is 6.42 Å². The Morgan fingerprint density at radius 1 is 1.50 bits per heavy atom. The Labute approximate surface area is 83.1 Å². The van der Waals surface area contributed by atoms with Crippen molar-refractivity contribution in [2.45, 2.75) is 26.3 Å². The highest BCUT2D eigenvalue weighted by Gasteiger charge is 1.97. The summed E-state index contributed by atoms with van der Waals surface area (Å²) in [6.07, 6.45) is 0.951. The third-order valence-corrected chi connectivity index (χ3v) is 1.11. The van der Waals surface area contributed by atoms with Crippen LogP contribution in [0.25, 0.3) is 0 Å². The van der Waals surface area contributed by atoms with Crippen molar-refractivity contribution in [1.82, 2.24) is 5.32 Å². The van der Waals surface area contributed by atoms with Gasteiger partial charge in [0.25, 0.3) is 10.5 Å². The molecule has 0 saturated heterocycles. The van der Waals surface area contributed by atoms with E-state index in [9.17, 15) is 4.79 Å². The molecule has 0 aliphatic rings. The Kier molecular flexibility index (Phi) is 10.3. The molecule has 0 fully saturated rings. The first-order valence-electron chi connectivity index (χ1n) is 3.38. The van der Waals surface area contributed by atoms with E-state index in [4.69, 9.17) is 4.79 Å². The van der Waals surface area contributed by atoms with Crippen molar-refractivity contribution in [2.75, 3.05) is 0 Å². The lowest BCUT2D eigenvalue weighted by atomic mass is 10.3. The molecule has 4 nitrogen and oxygen atoms in total. The van der Waals surface area contributed by atoms with Gasteiger partial charge in [-0.1, -0.05) is 32.2 Å². The van der Waals surface area contributed by atoms with E-state index < -0.39 is 5.24 Å². The molecular formula is C6H14N2O2S2. The number of nitrogens with two attached hydrogens (primary N) is 1.